The maximum Gasteiger partial charge on any atom is 0.0701 e. The normalized spacial score (nSPS) is 11.1. The molecule has 7 heteroatoms. The van der Waals surface area contributed by atoms with Gasteiger partial charge in [-0.1, -0.05) is 0 Å². The molecular weight excluding hydrogens is 278 g/mol. The van der Waals surface area contributed by atoms with E-state index in [0.717, 1.165) is 6.42 Å². The number of hydrogen-bond acceptors (Lipinski definition) is 7. The first-order valence-corrected chi connectivity index (χ1v) is 7.49. The van der Waals surface area contributed by atoms with Crippen LogP contribution in [0.1, 0.15) is 6.42 Å². The van der Waals surface area contributed by atoms with Gasteiger partial charge in [0.1, 0.15) is 0 Å². The summed E-state index contributed by atoms with van der Waals surface area (Å²) in [4.78, 5) is 0. The van der Waals surface area contributed by atoms with Gasteiger partial charge in [0.25, 0.3) is 0 Å². The quantitative estimate of drug-likeness (QED) is 0.359. The number of ether oxygens (including phenoxy) is 6. The van der Waals surface area contributed by atoms with Crippen LogP contribution in [0.2, 0.25) is 0 Å². The summed E-state index contributed by atoms with van der Waals surface area (Å²) < 4.78 is 31.4. The molecule has 0 unspecified atom stereocenters. The van der Waals surface area contributed by atoms with Gasteiger partial charge >= 0.3 is 0 Å². The second kappa shape index (κ2) is 19.7. The van der Waals surface area contributed by atoms with Gasteiger partial charge in [-0.25, -0.2) is 0 Å². The highest BCUT2D eigenvalue weighted by atomic mass is 16.6. The molecule has 0 rings (SSSR count). The first-order chi connectivity index (χ1) is 10.4. The minimum absolute atomic E-state index is 0.564. The molecule has 0 aliphatic carbocycles. The van der Waals surface area contributed by atoms with Crippen LogP contribution in [0.25, 0.3) is 0 Å². The van der Waals surface area contributed by atoms with Crippen LogP contribution in [0.5, 0.6) is 0 Å². The molecule has 0 bridgehead atoms. The Labute approximate surface area is 128 Å². The number of hydrogen-bond donors (Lipinski definition) is 1. The van der Waals surface area contributed by atoms with Crippen molar-refractivity contribution in [2.75, 3.05) is 86.3 Å². The van der Waals surface area contributed by atoms with E-state index >= 15 is 0 Å². The van der Waals surface area contributed by atoms with E-state index in [0.29, 0.717) is 79.2 Å². The molecule has 7 nitrogen and oxygen atoms in total. The van der Waals surface area contributed by atoms with Crippen LogP contribution in [0.3, 0.4) is 0 Å². The zero-order chi connectivity index (χ0) is 15.4. The van der Waals surface area contributed by atoms with Crippen LogP contribution in [0, 0.1) is 0 Å². The lowest BCUT2D eigenvalue weighted by atomic mass is 10.5. The fraction of sp³-hybridized carbons (Fsp3) is 1.00. The highest BCUT2D eigenvalue weighted by Crippen LogP contribution is 1.84. The Kier molecular flexibility index (Phi) is 19.5. The Bertz CT molecular complexity index is 167. The SMILES string of the molecule is COCCOCCOCCOCCOCCOCCCN. The van der Waals surface area contributed by atoms with Gasteiger partial charge in [-0.15, -0.1) is 0 Å². The van der Waals surface area contributed by atoms with Gasteiger partial charge in [0, 0.05) is 13.7 Å². The van der Waals surface area contributed by atoms with Gasteiger partial charge in [0.15, 0.2) is 0 Å². The monoisotopic (exact) mass is 309 g/mol. The molecule has 0 aromatic rings. The molecule has 0 atom stereocenters. The van der Waals surface area contributed by atoms with Crippen molar-refractivity contribution in [3.05, 3.63) is 0 Å². The first kappa shape index (κ1) is 20.7. The van der Waals surface area contributed by atoms with Crippen molar-refractivity contribution in [1.82, 2.24) is 0 Å². The van der Waals surface area contributed by atoms with E-state index in [1.807, 2.05) is 0 Å². The van der Waals surface area contributed by atoms with Crippen molar-refractivity contribution < 1.29 is 28.4 Å². The summed E-state index contributed by atoms with van der Waals surface area (Å²) in [5.41, 5.74) is 5.35. The molecule has 0 heterocycles. The molecule has 0 aromatic carbocycles. The first-order valence-electron chi connectivity index (χ1n) is 7.49. The number of rotatable bonds is 18. The number of methoxy groups -OCH3 is 1. The van der Waals surface area contributed by atoms with Crippen LogP contribution >= 0.6 is 0 Å². The largest absolute Gasteiger partial charge is 0.382 e. The summed E-state index contributed by atoms with van der Waals surface area (Å²) >= 11 is 0. The Morgan fingerprint density at radius 3 is 1.19 bits per heavy atom. The molecule has 0 amide bonds. The van der Waals surface area contributed by atoms with Crippen LogP contribution in [-0.4, -0.2) is 86.3 Å². The predicted octanol–water partition coefficient (Wildman–Crippen LogP) is 0.0646. The van der Waals surface area contributed by atoms with Gasteiger partial charge in [-0.05, 0) is 13.0 Å². The summed E-state index contributed by atoms with van der Waals surface area (Å²) in [5.74, 6) is 0. The average Bonchev–Trinajstić information content (AvgIpc) is 2.50. The van der Waals surface area contributed by atoms with Gasteiger partial charge in [0.2, 0.25) is 0 Å². The predicted molar refractivity (Wildman–Crippen MR) is 79.6 cm³/mol. The lowest BCUT2D eigenvalue weighted by Gasteiger charge is -2.07. The zero-order valence-electron chi connectivity index (χ0n) is 13.2. The summed E-state index contributed by atoms with van der Waals surface area (Å²) in [5, 5.41) is 0. The molecule has 0 fully saturated rings. The van der Waals surface area contributed by atoms with Crippen molar-refractivity contribution in [2.45, 2.75) is 6.42 Å². The van der Waals surface area contributed by atoms with E-state index in [-0.39, 0.29) is 0 Å². The second-order valence-corrected chi connectivity index (χ2v) is 4.20. The smallest absolute Gasteiger partial charge is 0.0701 e. The highest BCUT2D eigenvalue weighted by molar-refractivity contribution is 4.37. The Balaban J connectivity index is 2.90. The van der Waals surface area contributed by atoms with Crippen molar-refractivity contribution in [1.29, 1.82) is 0 Å². The lowest BCUT2D eigenvalue weighted by Crippen LogP contribution is -2.14. The van der Waals surface area contributed by atoms with E-state index in [9.17, 15) is 0 Å². The Morgan fingerprint density at radius 2 is 0.857 bits per heavy atom. The van der Waals surface area contributed by atoms with E-state index < -0.39 is 0 Å². The Hall–Kier alpha value is -0.280. The topological polar surface area (TPSA) is 81.4 Å². The molecule has 0 aromatic heterocycles. The Morgan fingerprint density at radius 1 is 0.524 bits per heavy atom. The molecule has 0 radical (unpaired) electrons. The summed E-state index contributed by atoms with van der Waals surface area (Å²) in [6.45, 7) is 7.18. The zero-order valence-corrected chi connectivity index (χ0v) is 13.2. The third-order valence-corrected chi connectivity index (χ3v) is 2.41. The molecular formula is C14H31NO6. The van der Waals surface area contributed by atoms with E-state index in [1.165, 1.54) is 0 Å². The second-order valence-electron chi connectivity index (χ2n) is 4.20. The van der Waals surface area contributed by atoms with Gasteiger partial charge < -0.3 is 34.2 Å². The maximum atomic E-state index is 5.36. The van der Waals surface area contributed by atoms with Crippen molar-refractivity contribution in [3.8, 4) is 0 Å². The minimum atomic E-state index is 0.564. The molecule has 0 saturated carbocycles. The van der Waals surface area contributed by atoms with E-state index in [1.54, 1.807) is 7.11 Å². The van der Waals surface area contributed by atoms with Gasteiger partial charge in [-0.3, -0.25) is 0 Å². The van der Waals surface area contributed by atoms with Crippen molar-refractivity contribution in [2.24, 2.45) is 5.73 Å². The third-order valence-electron chi connectivity index (χ3n) is 2.41. The lowest BCUT2D eigenvalue weighted by molar-refractivity contribution is -0.0146. The summed E-state index contributed by atoms with van der Waals surface area (Å²) in [7, 11) is 1.65. The third kappa shape index (κ3) is 19.7. The van der Waals surface area contributed by atoms with Crippen LogP contribution in [-0.2, 0) is 28.4 Å². The van der Waals surface area contributed by atoms with Gasteiger partial charge in [0.05, 0.1) is 66.1 Å². The van der Waals surface area contributed by atoms with Crippen LogP contribution in [0.4, 0.5) is 0 Å². The van der Waals surface area contributed by atoms with Crippen LogP contribution < -0.4 is 5.73 Å². The molecule has 0 saturated heterocycles. The molecule has 2 N–H and O–H groups in total. The summed E-state index contributed by atoms with van der Waals surface area (Å²) in [6.07, 6.45) is 0.889. The molecule has 0 spiro atoms. The van der Waals surface area contributed by atoms with Crippen LogP contribution in [0.15, 0.2) is 0 Å². The average molecular weight is 309 g/mol. The summed E-state index contributed by atoms with van der Waals surface area (Å²) in [6, 6.07) is 0. The molecule has 0 aliphatic rings. The van der Waals surface area contributed by atoms with E-state index in [4.69, 9.17) is 34.2 Å². The fourth-order valence-electron chi connectivity index (χ4n) is 1.31. The molecule has 0 aliphatic heterocycles. The number of nitrogens with two attached hydrogens (primary N) is 1. The van der Waals surface area contributed by atoms with Crippen molar-refractivity contribution >= 4 is 0 Å². The molecule has 128 valence electrons. The van der Waals surface area contributed by atoms with Gasteiger partial charge in [-0.2, -0.15) is 0 Å². The standard InChI is InChI=1S/C14H31NO6/c1-16-5-6-18-9-10-20-13-14-21-12-11-19-8-7-17-4-2-3-15/h2-15H2,1H3. The minimum Gasteiger partial charge on any atom is -0.382 e. The molecule has 21 heavy (non-hydrogen) atoms. The fourth-order valence-corrected chi connectivity index (χ4v) is 1.31. The van der Waals surface area contributed by atoms with Crippen molar-refractivity contribution in [3.63, 3.8) is 0 Å². The maximum absolute atomic E-state index is 5.36. The highest BCUT2D eigenvalue weighted by Gasteiger charge is 1.93. The van der Waals surface area contributed by atoms with E-state index in [2.05, 4.69) is 0 Å².